The third-order valence-electron chi connectivity index (χ3n) is 3.12. The predicted molar refractivity (Wildman–Crippen MR) is 77.0 cm³/mol. The predicted octanol–water partition coefficient (Wildman–Crippen LogP) is 2.24. The van der Waals surface area contributed by atoms with Crippen LogP contribution >= 0.6 is 0 Å². The molecule has 2 aromatic rings. The summed E-state index contributed by atoms with van der Waals surface area (Å²) in [7, 11) is 0. The molecule has 0 aliphatic carbocycles. The summed E-state index contributed by atoms with van der Waals surface area (Å²) >= 11 is 0. The van der Waals surface area contributed by atoms with Crippen LogP contribution in [0.4, 0.5) is 4.39 Å². The van der Waals surface area contributed by atoms with E-state index in [1.54, 1.807) is 43.3 Å². The van der Waals surface area contributed by atoms with Crippen LogP contribution in [0.15, 0.2) is 42.5 Å². The van der Waals surface area contributed by atoms with Gasteiger partial charge in [-0.1, -0.05) is 24.3 Å². The van der Waals surface area contributed by atoms with E-state index in [0.29, 0.717) is 16.9 Å². The van der Waals surface area contributed by atoms with E-state index in [1.807, 2.05) is 0 Å². The molecule has 5 heteroatoms. The molecule has 1 atom stereocenters. The van der Waals surface area contributed by atoms with Crippen molar-refractivity contribution in [2.24, 2.45) is 5.73 Å². The minimum absolute atomic E-state index is 0.199. The van der Waals surface area contributed by atoms with Gasteiger partial charge in [0, 0.05) is 11.1 Å². The van der Waals surface area contributed by atoms with E-state index in [0.717, 1.165) is 0 Å². The van der Waals surface area contributed by atoms with Gasteiger partial charge in [0.2, 0.25) is 0 Å². The van der Waals surface area contributed by atoms with Crippen LogP contribution in [0.3, 0.4) is 0 Å². The van der Waals surface area contributed by atoms with Crippen LogP contribution in [0.2, 0.25) is 0 Å². The van der Waals surface area contributed by atoms with Crippen LogP contribution in [0.25, 0.3) is 11.1 Å². The first-order valence-electron chi connectivity index (χ1n) is 6.47. The quantitative estimate of drug-likeness (QED) is 0.886. The highest BCUT2D eigenvalue weighted by Crippen LogP contribution is 2.31. The van der Waals surface area contributed by atoms with E-state index in [4.69, 9.17) is 15.6 Å². The Hall–Kier alpha value is -2.40. The van der Waals surface area contributed by atoms with Crippen LogP contribution < -0.4 is 10.5 Å². The van der Waals surface area contributed by atoms with E-state index in [1.165, 1.54) is 6.07 Å². The van der Waals surface area contributed by atoms with Gasteiger partial charge in [0.1, 0.15) is 11.6 Å². The van der Waals surface area contributed by atoms with Crippen LogP contribution in [0, 0.1) is 5.82 Å². The minimum Gasteiger partial charge on any atom is -0.480 e. The minimum atomic E-state index is -0.774. The standard InChI is InChI=1S/C16H16FNO3/c1-10(16(18)20)21-15-5-3-2-4-13(15)11-6-7-14(17)12(8-11)9-19/h2-8,10,19H,9H2,1H3,(H2,18,20)/t10-/m1/s1. The van der Waals surface area contributed by atoms with Crippen molar-refractivity contribution in [2.45, 2.75) is 19.6 Å². The lowest BCUT2D eigenvalue weighted by atomic mass is 10.0. The Labute approximate surface area is 122 Å². The molecule has 3 N–H and O–H groups in total. The largest absolute Gasteiger partial charge is 0.480 e. The van der Waals surface area contributed by atoms with Crippen molar-refractivity contribution in [1.29, 1.82) is 0 Å². The average Bonchev–Trinajstić information content (AvgIpc) is 2.48. The third kappa shape index (κ3) is 3.38. The first-order valence-corrected chi connectivity index (χ1v) is 6.47. The number of carbonyl (C=O) groups is 1. The van der Waals surface area contributed by atoms with Crippen molar-refractivity contribution in [3.8, 4) is 16.9 Å². The highest BCUT2D eigenvalue weighted by atomic mass is 19.1. The van der Waals surface area contributed by atoms with Crippen molar-refractivity contribution in [3.05, 3.63) is 53.8 Å². The molecular weight excluding hydrogens is 273 g/mol. The number of aliphatic hydroxyl groups is 1. The van der Waals surface area contributed by atoms with E-state index in [2.05, 4.69) is 0 Å². The fraction of sp³-hybridized carbons (Fsp3) is 0.188. The second kappa shape index (κ2) is 6.37. The summed E-state index contributed by atoms with van der Waals surface area (Å²) in [6.07, 6.45) is -0.774. The van der Waals surface area contributed by atoms with Gasteiger partial charge < -0.3 is 15.6 Å². The first kappa shape index (κ1) is 15.0. The summed E-state index contributed by atoms with van der Waals surface area (Å²) in [5.74, 6) is -0.565. The molecule has 0 aliphatic heterocycles. The van der Waals surface area contributed by atoms with Gasteiger partial charge in [0.15, 0.2) is 6.10 Å². The number of hydrogen-bond acceptors (Lipinski definition) is 3. The number of nitrogens with two attached hydrogens (primary N) is 1. The second-order valence-electron chi connectivity index (χ2n) is 4.62. The summed E-state index contributed by atoms with van der Waals surface area (Å²) in [5.41, 5.74) is 6.77. The number of halogens is 1. The molecule has 0 saturated carbocycles. The molecule has 1 amide bonds. The van der Waals surface area contributed by atoms with Gasteiger partial charge >= 0.3 is 0 Å². The molecule has 2 aromatic carbocycles. The normalized spacial score (nSPS) is 12.0. The number of aliphatic hydroxyl groups excluding tert-OH is 1. The molecule has 0 aromatic heterocycles. The second-order valence-corrected chi connectivity index (χ2v) is 4.62. The van der Waals surface area contributed by atoms with Gasteiger partial charge in [-0.15, -0.1) is 0 Å². The highest BCUT2D eigenvalue weighted by molar-refractivity contribution is 5.79. The molecule has 0 radical (unpaired) electrons. The van der Waals surface area contributed by atoms with Crippen LogP contribution in [-0.2, 0) is 11.4 Å². The van der Waals surface area contributed by atoms with Crippen molar-refractivity contribution >= 4 is 5.91 Å². The van der Waals surface area contributed by atoms with Gasteiger partial charge in [0.05, 0.1) is 6.61 Å². The third-order valence-corrected chi connectivity index (χ3v) is 3.12. The number of ether oxygens (including phenoxy) is 1. The number of para-hydroxylation sites is 1. The topological polar surface area (TPSA) is 72.6 Å². The maximum absolute atomic E-state index is 13.4. The zero-order valence-corrected chi connectivity index (χ0v) is 11.5. The van der Waals surface area contributed by atoms with Crippen LogP contribution in [0.1, 0.15) is 12.5 Å². The lowest BCUT2D eigenvalue weighted by Gasteiger charge is -2.15. The smallest absolute Gasteiger partial charge is 0.258 e. The average molecular weight is 289 g/mol. The fourth-order valence-corrected chi connectivity index (χ4v) is 1.92. The van der Waals surface area contributed by atoms with Crippen molar-refractivity contribution in [1.82, 2.24) is 0 Å². The van der Waals surface area contributed by atoms with E-state index >= 15 is 0 Å². The Bertz CT molecular complexity index is 658. The fourth-order valence-electron chi connectivity index (χ4n) is 1.92. The maximum Gasteiger partial charge on any atom is 0.258 e. The summed E-state index contributed by atoms with van der Waals surface area (Å²) in [4.78, 5) is 11.1. The Morgan fingerprint density at radius 3 is 2.71 bits per heavy atom. The Morgan fingerprint density at radius 2 is 2.05 bits per heavy atom. The van der Waals surface area contributed by atoms with E-state index in [9.17, 15) is 9.18 Å². The SMILES string of the molecule is C[C@@H](Oc1ccccc1-c1ccc(F)c(CO)c1)C(N)=O. The van der Waals surface area contributed by atoms with Gasteiger partial charge in [-0.25, -0.2) is 4.39 Å². The molecule has 4 nitrogen and oxygen atoms in total. The maximum atomic E-state index is 13.4. The molecule has 0 fully saturated rings. The number of benzene rings is 2. The van der Waals surface area contributed by atoms with Gasteiger partial charge in [-0.05, 0) is 30.7 Å². The number of amides is 1. The lowest BCUT2D eigenvalue weighted by molar-refractivity contribution is -0.123. The number of hydrogen-bond donors (Lipinski definition) is 2. The van der Waals surface area contributed by atoms with Gasteiger partial charge in [0.25, 0.3) is 5.91 Å². The Morgan fingerprint density at radius 1 is 1.33 bits per heavy atom. The molecule has 0 saturated heterocycles. The zero-order chi connectivity index (χ0) is 15.4. The molecule has 0 aliphatic rings. The van der Waals surface area contributed by atoms with Crippen LogP contribution in [0.5, 0.6) is 5.75 Å². The molecule has 0 bridgehead atoms. The van der Waals surface area contributed by atoms with Gasteiger partial charge in [-0.2, -0.15) is 0 Å². The highest BCUT2D eigenvalue weighted by Gasteiger charge is 2.14. The lowest BCUT2D eigenvalue weighted by Crippen LogP contribution is -2.30. The molecule has 0 unspecified atom stereocenters. The number of rotatable bonds is 5. The van der Waals surface area contributed by atoms with Crippen molar-refractivity contribution < 1.29 is 19.0 Å². The molecular formula is C16H16FNO3. The van der Waals surface area contributed by atoms with Crippen molar-refractivity contribution in [3.63, 3.8) is 0 Å². The Kier molecular flexibility index (Phi) is 4.55. The molecule has 0 heterocycles. The summed E-state index contributed by atoms with van der Waals surface area (Å²) < 4.78 is 19.0. The monoisotopic (exact) mass is 289 g/mol. The summed E-state index contributed by atoms with van der Waals surface area (Å²) in [6.45, 7) is 1.17. The van der Waals surface area contributed by atoms with E-state index < -0.39 is 17.8 Å². The van der Waals surface area contributed by atoms with Crippen molar-refractivity contribution in [2.75, 3.05) is 0 Å². The summed E-state index contributed by atoms with van der Waals surface area (Å²) in [5, 5.41) is 9.14. The zero-order valence-electron chi connectivity index (χ0n) is 11.5. The van der Waals surface area contributed by atoms with Gasteiger partial charge in [-0.3, -0.25) is 4.79 Å². The van der Waals surface area contributed by atoms with E-state index in [-0.39, 0.29) is 12.2 Å². The molecule has 21 heavy (non-hydrogen) atoms. The number of carbonyl (C=O) groups excluding carboxylic acids is 1. The Balaban J connectivity index is 2.42. The molecule has 110 valence electrons. The molecule has 0 spiro atoms. The van der Waals surface area contributed by atoms with Crippen LogP contribution in [-0.4, -0.2) is 17.1 Å². The summed E-state index contributed by atoms with van der Waals surface area (Å²) in [6, 6.07) is 11.5. The molecule has 2 rings (SSSR count). The number of primary amides is 1. The first-order chi connectivity index (χ1) is 10.0.